The number of unbranched alkanes of at least 4 members (excludes halogenated alkanes) is 1. The zero-order valence-electron chi connectivity index (χ0n) is 29.3. The van der Waals surface area contributed by atoms with Crippen molar-refractivity contribution in [2.75, 3.05) is 7.05 Å². The number of Topliss-reactive ketones (excluding diaryl/α,β-unsaturated/α-hetero) is 1. The lowest BCUT2D eigenvalue weighted by Crippen LogP contribution is -2.48. The summed E-state index contributed by atoms with van der Waals surface area (Å²) in [4.78, 5) is 50.3. The third-order valence-electron chi connectivity index (χ3n) is 10.9. The van der Waals surface area contributed by atoms with Gasteiger partial charge in [-0.2, -0.15) is 0 Å². The zero-order valence-corrected chi connectivity index (χ0v) is 29.3. The number of aryl methyl sites for hydroxylation is 1. The van der Waals surface area contributed by atoms with Crippen molar-refractivity contribution in [3.05, 3.63) is 29.3 Å². The molecule has 4 rings (SSSR count). The molecule has 1 aromatic carbocycles. The molecule has 0 heterocycles. The number of carbonyl (C=O) groups is 4. The molecule has 2 N–H and O–H groups in total. The van der Waals surface area contributed by atoms with Gasteiger partial charge in [-0.25, -0.2) is 9.59 Å². The molecule has 0 saturated heterocycles. The van der Waals surface area contributed by atoms with Crippen molar-refractivity contribution >= 4 is 23.6 Å². The van der Waals surface area contributed by atoms with Crippen molar-refractivity contribution in [1.29, 1.82) is 0 Å². The van der Waals surface area contributed by atoms with Gasteiger partial charge in [0.05, 0.1) is 0 Å². The highest BCUT2D eigenvalue weighted by Crippen LogP contribution is 2.61. The summed E-state index contributed by atoms with van der Waals surface area (Å²) in [5, 5.41) is 6.05. The Balaban J connectivity index is 1.38. The molecule has 46 heavy (non-hydrogen) atoms. The van der Waals surface area contributed by atoms with Gasteiger partial charge in [-0.05, 0) is 131 Å². The van der Waals surface area contributed by atoms with Gasteiger partial charge in [0.25, 0.3) is 0 Å². The van der Waals surface area contributed by atoms with Crippen molar-refractivity contribution in [3.63, 3.8) is 0 Å². The Labute approximate surface area is 276 Å². The van der Waals surface area contributed by atoms with Crippen molar-refractivity contribution in [3.8, 4) is 5.75 Å². The Morgan fingerprint density at radius 3 is 2.28 bits per heavy atom. The summed E-state index contributed by atoms with van der Waals surface area (Å²) in [6.07, 6.45) is 9.18. The average Bonchev–Trinajstić information content (AvgIpc) is 3.32. The maximum Gasteiger partial charge on any atom is 0.328 e. The number of benzene rings is 1. The number of rotatable bonds is 15. The molecule has 0 bridgehead atoms. The first-order chi connectivity index (χ1) is 21.8. The largest absolute Gasteiger partial charge is 0.460 e. The SMILES string of the molecule is CNC(CC(C)C)C(=O)Oc1ccc2c(c1)CCC1C2CC[C@@]2(C)C1CC[C@@H]2OC(=O)C(CC(C)C)NC(=O)CCCCC(C)=O. The van der Waals surface area contributed by atoms with Crippen LogP contribution in [0.5, 0.6) is 5.75 Å². The highest BCUT2D eigenvalue weighted by Gasteiger charge is 2.56. The summed E-state index contributed by atoms with van der Waals surface area (Å²) in [5.41, 5.74) is 2.59. The molecule has 0 aliphatic heterocycles. The lowest BCUT2D eigenvalue weighted by molar-refractivity contribution is -0.161. The average molecular weight is 639 g/mol. The first-order valence-corrected chi connectivity index (χ1v) is 17.8. The number of esters is 2. The van der Waals surface area contributed by atoms with E-state index in [-0.39, 0.29) is 47.1 Å². The van der Waals surface area contributed by atoms with Crippen LogP contribution >= 0.6 is 0 Å². The number of carbonyl (C=O) groups excluding carboxylic acids is 4. The first-order valence-electron chi connectivity index (χ1n) is 17.8. The van der Waals surface area contributed by atoms with Crippen LogP contribution in [0.25, 0.3) is 0 Å². The third kappa shape index (κ3) is 8.78. The van der Waals surface area contributed by atoms with Gasteiger partial charge < -0.3 is 24.9 Å². The van der Waals surface area contributed by atoms with Crippen molar-refractivity contribution in [2.45, 2.75) is 143 Å². The fraction of sp³-hybridized carbons (Fsp3) is 0.737. The van der Waals surface area contributed by atoms with Crippen LogP contribution in [0, 0.1) is 29.1 Å². The van der Waals surface area contributed by atoms with Gasteiger partial charge in [-0.3, -0.25) is 4.79 Å². The van der Waals surface area contributed by atoms with Crippen LogP contribution in [0.3, 0.4) is 0 Å². The molecule has 3 aliphatic carbocycles. The minimum atomic E-state index is -0.655. The number of ketones is 1. The lowest BCUT2D eigenvalue weighted by atomic mass is 9.55. The van der Waals surface area contributed by atoms with Crippen LogP contribution in [0.1, 0.15) is 129 Å². The Bertz CT molecular complexity index is 1240. The number of hydrogen-bond donors (Lipinski definition) is 2. The van der Waals surface area contributed by atoms with E-state index in [4.69, 9.17) is 9.47 Å². The van der Waals surface area contributed by atoms with Gasteiger partial charge in [0.2, 0.25) is 5.91 Å². The number of nitrogens with one attached hydrogen (secondary N) is 2. The molecule has 0 radical (unpaired) electrons. The normalized spacial score (nSPS) is 26.5. The van der Waals surface area contributed by atoms with Gasteiger partial charge in [-0.1, -0.05) is 40.7 Å². The molecule has 8 heteroatoms. The molecule has 2 fully saturated rings. The summed E-state index contributed by atoms with van der Waals surface area (Å²) in [5.74, 6) is 2.14. The summed E-state index contributed by atoms with van der Waals surface area (Å²) < 4.78 is 12.1. The molecule has 8 nitrogen and oxygen atoms in total. The van der Waals surface area contributed by atoms with Crippen molar-refractivity contribution in [2.24, 2.45) is 29.1 Å². The fourth-order valence-corrected chi connectivity index (χ4v) is 8.59. The van der Waals surface area contributed by atoms with Gasteiger partial charge in [0.15, 0.2) is 0 Å². The van der Waals surface area contributed by atoms with Crippen molar-refractivity contribution in [1.82, 2.24) is 10.6 Å². The second-order valence-corrected chi connectivity index (χ2v) is 15.4. The lowest BCUT2D eigenvalue weighted by Gasteiger charge is -2.50. The number of hydrogen-bond acceptors (Lipinski definition) is 7. The van der Waals surface area contributed by atoms with Crippen LogP contribution in [-0.4, -0.2) is 48.9 Å². The smallest absolute Gasteiger partial charge is 0.328 e. The number of fused-ring (bicyclic) bond motifs is 5. The quantitative estimate of drug-likeness (QED) is 0.125. The molecule has 5 unspecified atom stereocenters. The highest BCUT2D eigenvalue weighted by atomic mass is 16.5. The summed E-state index contributed by atoms with van der Waals surface area (Å²) in [6, 6.07) is 5.24. The minimum Gasteiger partial charge on any atom is -0.460 e. The second kappa shape index (κ2) is 15.9. The Morgan fingerprint density at radius 1 is 0.913 bits per heavy atom. The molecular weight excluding hydrogens is 580 g/mol. The third-order valence-corrected chi connectivity index (χ3v) is 10.9. The molecule has 7 atom stereocenters. The summed E-state index contributed by atoms with van der Waals surface area (Å²) in [6.45, 7) is 12.2. The fourth-order valence-electron chi connectivity index (χ4n) is 8.59. The standard InChI is InChI=1S/C38H58N2O6/c1-23(2)20-32(39-7)36(43)45-27-13-15-28-26(22-27)12-14-30-29(28)18-19-38(6)31(30)16-17-34(38)46-37(44)33(21-24(3)4)40-35(42)11-9-8-10-25(5)41/h13,15,22-24,29-34,39H,8-12,14,16-21H2,1-7H3,(H,40,42)/t29?,30?,31?,32?,33?,34-,38-/m0/s1. The van der Waals surface area contributed by atoms with Gasteiger partial charge >= 0.3 is 11.9 Å². The molecule has 3 aliphatic rings. The number of amides is 1. The second-order valence-electron chi connectivity index (χ2n) is 15.4. The van der Waals surface area contributed by atoms with E-state index < -0.39 is 6.04 Å². The van der Waals surface area contributed by atoms with Crippen LogP contribution in [0.15, 0.2) is 18.2 Å². The van der Waals surface area contributed by atoms with E-state index in [1.54, 1.807) is 14.0 Å². The van der Waals surface area contributed by atoms with Gasteiger partial charge in [0, 0.05) is 18.3 Å². The van der Waals surface area contributed by atoms with Crippen LogP contribution in [0.4, 0.5) is 0 Å². The molecule has 1 amide bonds. The van der Waals surface area contributed by atoms with Crippen LogP contribution in [0.2, 0.25) is 0 Å². The molecular formula is C38H58N2O6. The Morgan fingerprint density at radius 2 is 1.61 bits per heavy atom. The van der Waals surface area contributed by atoms with Crippen LogP contribution in [-0.2, 0) is 30.3 Å². The van der Waals surface area contributed by atoms with E-state index in [1.807, 2.05) is 19.9 Å². The van der Waals surface area contributed by atoms with E-state index in [0.717, 1.165) is 44.9 Å². The Hall–Kier alpha value is -2.74. The van der Waals surface area contributed by atoms with E-state index in [0.29, 0.717) is 61.5 Å². The summed E-state index contributed by atoms with van der Waals surface area (Å²) >= 11 is 0. The minimum absolute atomic E-state index is 0.0819. The number of ether oxygens (including phenoxy) is 2. The zero-order chi connectivity index (χ0) is 33.6. The highest BCUT2D eigenvalue weighted by molar-refractivity contribution is 5.84. The molecule has 0 spiro atoms. The van der Waals surface area contributed by atoms with E-state index in [2.05, 4.69) is 43.5 Å². The topological polar surface area (TPSA) is 111 Å². The molecule has 1 aromatic rings. The van der Waals surface area contributed by atoms with E-state index in [9.17, 15) is 19.2 Å². The molecule has 256 valence electrons. The predicted molar refractivity (Wildman–Crippen MR) is 179 cm³/mol. The van der Waals surface area contributed by atoms with Gasteiger partial charge in [-0.15, -0.1) is 0 Å². The molecule has 0 aromatic heterocycles. The monoisotopic (exact) mass is 638 g/mol. The first kappa shape index (κ1) is 36.1. The molecule has 2 saturated carbocycles. The maximum atomic E-state index is 13.6. The van der Waals surface area contributed by atoms with E-state index in [1.165, 1.54) is 11.1 Å². The van der Waals surface area contributed by atoms with Crippen LogP contribution < -0.4 is 15.4 Å². The maximum absolute atomic E-state index is 13.6. The number of likely N-dealkylation sites (N-methyl/N-ethyl adjacent to an activating group) is 1. The van der Waals surface area contributed by atoms with Crippen molar-refractivity contribution < 1.29 is 28.7 Å². The summed E-state index contributed by atoms with van der Waals surface area (Å²) in [7, 11) is 1.80. The van der Waals surface area contributed by atoms with Gasteiger partial charge in [0.1, 0.15) is 29.7 Å². The van der Waals surface area contributed by atoms with E-state index >= 15 is 0 Å². The predicted octanol–water partition coefficient (Wildman–Crippen LogP) is 6.67. The Kier molecular flexibility index (Phi) is 12.5.